The van der Waals surface area contributed by atoms with Crippen molar-refractivity contribution < 1.29 is 19.1 Å². The van der Waals surface area contributed by atoms with E-state index >= 15 is 0 Å². The highest BCUT2D eigenvalue weighted by atomic mass is 16.6. The molecule has 5 heteroatoms. The van der Waals surface area contributed by atoms with Gasteiger partial charge in [0.2, 0.25) is 0 Å². The number of Topliss-reactive ketones (excluding diaryl/α,β-unsaturated/α-hetero) is 1. The predicted octanol–water partition coefficient (Wildman–Crippen LogP) is 5.01. The number of amides is 2. The lowest BCUT2D eigenvalue weighted by Crippen LogP contribution is -2.46. The first-order chi connectivity index (χ1) is 13.7. The summed E-state index contributed by atoms with van der Waals surface area (Å²) in [5.41, 5.74) is 0.181. The van der Waals surface area contributed by atoms with E-state index in [1.165, 1.54) is 0 Å². The minimum Gasteiger partial charge on any atom is -0.443 e. The minimum atomic E-state index is -1.10. The zero-order valence-corrected chi connectivity index (χ0v) is 17.4. The number of hydrogen-bond donors (Lipinski definition) is 0. The van der Waals surface area contributed by atoms with Gasteiger partial charge < -0.3 is 4.74 Å². The van der Waals surface area contributed by atoms with Crippen LogP contribution in [0.5, 0.6) is 0 Å². The molecule has 2 amide bonds. The molecule has 0 saturated carbocycles. The molecular weight excluding hydrogens is 366 g/mol. The molecule has 0 fully saturated rings. The maximum absolute atomic E-state index is 13.8. The van der Waals surface area contributed by atoms with Gasteiger partial charge in [0.1, 0.15) is 16.8 Å². The van der Waals surface area contributed by atoms with Gasteiger partial charge in [0, 0.05) is 12.8 Å². The topological polar surface area (TPSA) is 63.7 Å². The Morgan fingerprint density at radius 3 is 2.24 bits per heavy atom. The van der Waals surface area contributed by atoms with E-state index in [0.29, 0.717) is 18.5 Å². The Morgan fingerprint density at radius 2 is 1.62 bits per heavy atom. The van der Waals surface area contributed by atoms with Crippen molar-refractivity contribution in [2.75, 3.05) is 4.90 Å². The van der Waals surface area contributed by atoms with Crippen LogP contribution in [0, 0.1) is 0 Å². The van der Waals surface area contributed by atoms with Crippen LogP contribution in [0.3, 0.4) is 0 Å². The van der Waals surface area contributed by atoms with E-state index in [2.05, 4.69) is 0 Å². The molecule has 5 nitrogen and oxygen atoms in total. The number of rotatable bonds is 5. The second kappa shape index (κ2) is 7.82. The molecule has 0 saturated heterocycles. The number of carbonyl (C=O) groups is 3. The number of ketones is 1. The number of para-hydroxylation sites is 1. The molecule has 1 heterocycles. The van der Waals surface area contributed by atoms with E-state index in [0.717, 1.165) is 16.0 Å². The molecule has 0 aromatic heterocycles. The Balaban J connectivity index is 2.16. The summed E-state index contributed by atoms with van der Waals surface area (Å²) in [6, 6.07) is 16.6. The first kappa shape index (κ1) is 20.8. The Kier molecular flexibility index (Phi) is 5.60. The molecule has 0 unspecified atom stereocenters. The molecular formula is C24H27NO4. The van der Waals surface area contributed by atoms with Crippen LogP contribution in [0.1, 0.15) is 58.1 Å². The number of anilines is 1. The van der Waals surface area contributed by atoms with Crippen molar-refractivity contribution in [3.05, 3.63) is 65.7 Å². The molecule has 3 rings (SSSR count). The van der Waals surface area contributed by atoms with Gasteiger partial charge in [0.05, 0.1) is 5.69 Å². The van der Waals surface area contributed by atoms with Crippen molar-refractivity contribution in [3.8, 4) is 0 Å². The fourth-order valence-corrected chi connectivity index (χ4v) is 3.83. The first-order valence-electron chi connectivity index (χ1n) is 9.95. The maximum Gasteiger partial charge on any atom is 0.421 e. The second-order valence-electron chi connectivity index (χ2n) is 8.30. The van der Waals surface area contributed by atoms with Gasteiger partial charge >= 0.3 is 6.09 Å². The predicted molar refractivity (Wildman–Crippen MR) is 112 cm³/mol. The molecule has 0 bridgehead atoms. The van der Waals surface area contributed by atoms with Gasteiger partial charge in [-0.25, -0.2) is 9.69 Å². The third-order valence-electron chi connectivity index (χ3n) is 5.19. The maximum atomic E-state index is 13.8. The van der Waals surface area contributed by atoms with Gasteiger partial charge in [0.25, 0.3) is 5.91 Å². The van der Waals surface area contributed by atoms with Gasteiger partial charge in [-0.1, -0.05) is 55.5 Å². The second-order valence-corrected chi connectivity index (χ2v) is 8.30. The average Bonchev–Trinajstić information content (AvgIpc) is 2.94. The summed E-state index contributed by atoms with van der Waals surface area (Å²) < 4.78 is 5.52. The standard InChI is InChI=1S/C24H27NO4/c1-5-18(26)15-16-24(17-11-7-6-8-12-17)19-13-9-10-14-20(19)25(21(24)27)22(28)29-23(2,3)4/h6-14H,5,15-16H2,1-4H3/t24-/m1/s1. The average molecular weight is 393 g/mol. The van der Waals surface area contributed by atoms with E-state index in [1.807, 2.05) is 49.4 Å². The summed E-state index contributed by atoms with van der Waals surface area (Å²) in [6.45, 7) is 7.11. The number of imide groups is 1. The Morgan fingerprint density at radius 1 is 1.00 bits per heavy atom. The largest absolute Gasteiger partial charge is 0.443 e. The lowest BCUT2D eigenvalue weighted by Gasteiger charge is -2.29. The van der Waals surface area contributed by atoms with Crippen molar-refractivity contribution in [1.82, 2.24) is 0 Å². The van der Waals surface area contributed by atoms with Gasteiger partial charge in [-0.15, -0.1) is 0 Å². The summed E-state index contributed by atoms with van der Waals surface area (Å²) in [5.74, 6) is -0.288. The molecule has 0 N–H and O–H groups in total. The van der Waals surface area contributed by atoms with Gasteiger partial charge in [-0.05, 0) is 44.4 Å². The highest BCUT2D eigenvalue weighted by molar-refractivity contribution is 6.22. The van der Waals surface area contributed by atoms with Crippen molar-refractivity contribution in [3.63, 3.8) is 0 Å². The van der Waals surface area contributed by atoms with Crippen LogP contribution < -0.4 is 4.90 Å². The molecule has 0 spiro atoms. The van der Waals surface area contributed by atoms with Crippen LogP contribution in [0.25, 0.3) is 0 Å². The van der Waals surface area contributed by atoms with Crippen molar-refractivity contribution in [2.24, 2.45) is 0 Å². The molecule has 1 atom stereocenters. The van der Waals surface area contributed by atoms with Crippen LogP contribution in [-0.4, -0.2) is 23.4 Å². The van der Waals surface area contributed by atoms with Crippen LogP contribution in [-0.2, 0) is 19.7 Å². The molecule has 152 valence electrons. The van der Waals surface area contributed by atoms with Crippen LogP contribution in [0.4, 0.5) is 10.5 Å². The summed E-state index contributed by atoms with van der Waals surface area (Å²) in [4.78, 5) is 40.1. The smallest absolute Gasteiger partial charge is 0.421 e. The quantitative estimate of drug-likeness (QED) is 0.716. The lowest BCUT2D eigenvalue weighted by atomic mass is 9.71. The van der Waals surface area contributed by atoms with E-state index in [4.69, 9.17) is 4.74 Å². The highest BCUT2D eigenvalue weighted by Gasteiger charge is 2.54. The number of ether oxygens (including phenoxy) is 1. The SMILES string of the molecule is CCC(=O)CC[C@]1(c2ccccc2)C(=O)N(C(=O)OC(C)(C)C)c2ccccc21. The highest BCUT2D eigenvalue weighted by Crippen LogP contribution is 2.49. The van der Waals surface area contributed by atoms with Crippen molar-refractivity contribution in [2.45, 2.75) is 58.0 Å². The van der Waals surface area contributed by atoms with E-state index in [1.54, 1.807) is 32.9 Å². The van der Waals surface area contributed by atoms with Gasteiger partial charge in [0.15, 0.2) is 0 Å². The summed E-state index contributed by atoms with van der Waals surface area (Å²) in [7, 11) is 0. The van der Waals surface area contributed by atoms with Crippen LogP contribution >= 0.6 is 0 Å². The summed E-state index contributed by atoms with van der Waals surface area (Å²) in [6.07, 6.45) is 0.276. The molecule has 29 heavy (non-hydrogen) atoms. The molecule has 1 aliphatic heterocycles. The molecule has 2 aromatic carbocycles. The van der Waals surface area contributed by atoms with Crippen LogP contribution in [0.15, 0.2) is 54.6 Å². The zero-order valence-electron chi connectivity index (χ0n) is 17.4. The first-order valence-corrected chi connectivity index (χ1v) is 9.95. The monoisotopic (exact) mass is 393 g/mol. The zero-order chi connectivity index (χ0) is 21.2. The molecule has 0 radical (unpaired) electrons. The minimum absolute atomic E-state index is 0.0845. The Bertz CT molecular complexity index is 929. The number of fused-ring (bicyclic) bond motifs is 1. The van der Waals surface area contributed by atoms with E-state index in [9.17, 15) is 14.4 Å². The van der Waals surface area contributed by atoms with Crippen molar-refractivity contribution >= 4 is 23.5 Å². The third kappa shape index (κ3) is 3.82. The van der Waals surface area contributed by atoms with E-state index in [-0.39, 0.29) is 18.1 Å². The number of hydrogen-bond acceptors (Lipinski definition) is 4. The number of benzene rings is 2. The van der Waals surface area contributed by atoms with Crippen molar-refractivity contribution in [1.29, 1.82) is 0 Å². The number of nitrogens with zero attached hydrogens (tertiary/aromatic N) is 1. The summed E-state index contributed by atoms with van der Waals surface area (Å²) >= 11 is 0. The summed E-state index contributed by atoms with van der Waals surface area (Å²) in [5, 5.41) is 0. The lowest BCUT2D eigenvalue weighted by molar-refractivity contribution is -0.122. The third-order valence-corrected chi connectivity index (χ3v) is 5.19. The normalized spacial score (nSPS) is 18.5. The molecule has 0 aliphatic carbocycles. The van der Waals surface area contributed by atoms with Gasteiger partial charge in [-0.3, -0.25) is 9.59 Å². The number of carbonyl (C=O) groups excluding carboxylic acids is 3. The molecule has 1 aliphatic rings. The Hall–Kier alpha value is -2.95. The fourth-order valence-electron chi connectivity index (χ4n) is 3.83. The molecule has 2 aromatic rings. The Labute approximate surface area is 171 Å². The van der Waals surface area contributed by atoms with Crippen LogP contribution in [0.2, 0.25) is 0 Å². The van der Waals surface area contributed by atoms with Gasteiger partial charge in [-0.2, -0.15) is 0 Å². The van der Waals surface area contributed by atoms with E-state index < -0.39 is 17.1 Å². The fraction of sp³-hybridized carbons (Fsp3) is 0.375.